The molecule has 3 rings (SSSR count). The van der Waals surface area contributed by atoms with Crippen molar-refractivity contribution in [2.75, 3.05) is 25.0 Å². The van der Waals surface area contributed by atoms with Gasteiger partial charge in [0.05, 0.1) is 0 Å². The minimum absolute atomic E-state index is 0.0872. The van der Waals surface area contributed by atoms with Gasteiger partial charge >= 0.3 is 5.97 Å². The molecule has 0 saturated carbocycles. The van der Waals surface area contributed by atoms with Crippen LogP contribution in [0.5, 0.6) is 0 Å². The lowest BCUT2D eigenvalue weighted by molar-refractivity contribution is -0.162. The minimum atomic E-state index is -2.27. The standard InChI is InChI=1S/C11H11NO4.C9H13N/c13-9-11(16,10(14)15)6-7-12(9)8-4-2-1-3-5-8;1-10-8-7-9-5-3-2-4-6-9/h1-5,16H,6-7H2,(H,14,15);2-6,10H,7-8H2,1H3/t11-;/m0./s1. The van der Waals surface area contributed by atoms with E-state index in [1.807, 2.05) is 13.1 Å². The summed E-state index contributed by atoms with van der Waals surface area (Å²) in [5.74, 6) is -2.26. The highest BCUT2D eigenvalue weighted by molar-refractivity contribution is 6.14. The van der Waals surface area contributed by atoms with E-state index in [0.29, 0.717) is 5.69 Å². The van der Waals surface area contributed by atoms with E-state index in [4.69, 9.17) is 5.11 Å². The first-order chi connectivity index (χ1) is 12.5. The van der Waals surface area contributed by atoms with Crippen LogP contribution in [0.15, 0.2) is 60.7 Å². The molecular formula is C20H24N2O4. The third-order valence-electron chi connectivity index (χ3n) is 4.22. The molecule has 2 aromatic rings. The molecule has 2 aromatic carbocycles. The third-order valence-corrected chi connectivity index (χ3v) is 4.22. The molecule has 0 spiro atoms. The molecule has 1 heterocycles. The molecule has 0 aliphatic carbocycles. The Balaban J connectivity index is 0.000000209. The number of aliphatic hydroxyl groups is 1. The number of aliphatic carboxylic acids is 1. The normalized spacial score (nSPS) is 19.0. The average molecular weight is 356 g/mol. The zero-order valence-electron chi connectivity index (χ0n) is 14.8. The van der Waals surface area contributed by atoms with E-state index in [0.717, 1.165) is 13.0 Å². The molecule has 1 aliphatic heterocycles. The summed E-state index contributed by atoms with van der Waals surface area (Å²) in [5.41, 5.74) is -0.267. The largest absolute Gasteiger partial charge is 0.479 e. The Bertz CT molecular complexity index is 721. The molecule has 0 bridgehead atoms. The lowest BCUT2D eigenvalue weighted by Crippen LogP contribution is -2.46. The van der Waals surface area contributed by atoms with Crippen molar-refractivity contribution in [1.29, 1.82) is 0 Å². The number of benzene rings is 2. The summed E-state index contributed by atoms with van der Waals surface area (Å²) in [6.45, 7) is 1.27. The number of hydrogen-bond acceptors (Lipinski definition) is 4. The monoisotopic (exact) mass is 356 g/mol. The van der Waals surface area contributed by atoms with Crippen LogP contribution in [0, 0.1) is 0 Å². The van der Waals surface area contributed by atoms with Crippen LogP contribution in [0.3, 0.4) is 0 Å². The van der Waals surface area contributed by atoms with E-state index in [1.54, 1.807) is 30.3 Å². The molecule has 0 unspecified atom stereocenters. The van der Waals surface area contributed by atoms with Crippen LogP contribution in [0.1, 0.15) is 12.0 Å². The van der Waals surface area contributed by atoms with Gasteiger partial charge in [-0.25, -0.2) is 4.79 Å². The van der Waals surface area contributed by atoms with Gasteiger partial charge in [0.15, 0.2) is 0 Å². The Kier molecular flexibility index (Phi) is 6.89. The molecule has 1 fully saturated rings. The van der Waals surface area contributed by atoms with Crippen LogP contribution < -0.4 is 10.2 Å². The second-order valence-electron chi connectivity index (χ2n) is 6.05. The fraction of sp³-hybridized carbons (Fsp3) is 0.300. The smallest absolute Gasteiger partial charge is 0.345 e. The van der Waals surface area contributed by atoms with Gasteiger partial charge in [-0.3, -0.25) is 4.79 Å². The first-order valence-corrected chi connectivity index (χ1v) is 8.50. The van der Waals surface area contributed by atoms with Gasteiger partial charge in [-0.2, -0.15) is 0 Å². The summed E-state index contributed by atoms with van der Waals surface area (Å²) in [4.78, 5) is 23.9. The maximum Gasteiger partial charge on any atom is 0.345 e. The number of nitrogens with zero attached hydrogens (tertiary/aromatic N) is 1. The number of rotatable bonds is 5. The van der Waals surface area contributed by atoms with Crippen LogP contribution in [0.4, 0.5) is 5.69 Å². The highest BCUT2D eigenvalue weighted by Gasteiger charge is 2.52. The van der Waals surface area contributed by atoms with E-state index in [-0.39, 0.29) is 13.0 Å². The number of carboxylic acid groups (broad SMARTS) is 1. The van der Waals surface area contributed by atoms with Crippen molar-refractivity contribution in [3.8, 4) is 0 Å². The van der Waals surface area contributed by atoms with Gasteiger partial charge in [0.2, 0.25) is 5.60 Å². The fourth-order valence-corrected chi connectivity index (χ4v) is 2.67. The highest BCUT2D eigenvalue weighted by Crippen LogP contribution is 2.28. The number of carbonyl (C=O) groups is 2. The molecule has 3 N–H and O–H groups in total. The predicted octanol–water partition coefficient (Wildman–Crippen LogP) is 1.69. The van der Waals surface area contributed by atoms with Crippen molar-refractivity contribution in [2.45, 2.75) is 18.4 Å². The minimum Gasteiger partial charge on any atom is -0.479 e. The molecule has 0 radical (unpaired) electrons. The summed E-state index contributed by atoms with van der Waals surface area (Å²) >= 11 is 0. The second-order valence-corrected chi connectivity index (χ2v) is 6.05. The van der Waals surface area contributed by atoms with Crippen molar-refractivity contribution in [2.24, 2.45) is 0 Å². The summed E-state index contributed by atoms with van der Waals surface area (Å²) in [5, 5.41) is 21.6. The molecule has 1 amide bonds. The van der Waals surface area contributed by atoms with Crippen molar-refractivity contribution in [3.63, 3.8) is 0 Å². The topological polar surface area (TPSA) is 89.9 Å². The van der Waals surface area contributed by atoms with Crippen molar-refractivity contribution < 1.29 is 19.8 Å². The highest BCUT2D eigenvalue weighted by atomic mass is 16.4. The number of anilines is 1. The molecule has 138 valence electrons. The van der Waals surface area contributed by atoms with Gasteiger partial charge in [-0.1, -0.05) is 48.5 Å². The molecule has 26 heavy (non-hydrogen) atoms. The van der Waals surface area contributed by atoms with Crippen LogP contribution in [0.2, 0.25) is 0 Å². The van der Waals surface area contributed by atoms with E-state index in [2.05, 4.69) is 29.6 Å². The van der Waals surface area contributed by atoms with Crippen LogP contribution in [0.25, 0.3) is 0 Å². The number of carbonyl (C=O) groups excluding carboxylic acids is 1. The number of carboxylic acids is 1. The van der Waals surface area contributed by atoms with Gasteiger partial charge in [0.1, 0.15) is 0 Å². The molecule has 1 aliphatic rings. The van der Waals surface area contributed by atoms with Crippen LogP contribution in [-0.4, -0.2) is 47.8 Å². The zero-order valence-corrected chi connectivity index (χ0v) is 14.8. The first-order valence-electron chi connectivity index (χ1n) is 8.50. The quantitative estimate of drug-likeness (QED) is 0.710. The van der Waals surface area contributed by atoms with Gasteiger partial charge in [0, 0.05) is 18.7 Å². The average Bonchev–Trinajstić information content (AvgIpc) is 2.98. The first kappa shape index (κ1) is 19.6. The fourth-order valence-electron chi connectivity index (χ4n) is 2.67. The van der Waals surface area contributed by atoms with Crippen LogP contribution in [-0.2, 0) is 16.0 Å². The number of likely N-dealkylation sites (N-methyl/N-ethyl adjacent to an activating group) is 1. The number of para-hydroxylation sites is 1. The Labute approximate surface area is 153 Å². The van der Waals surface area contributed by atoms with Crippen molar-refractivity contribution >= 4 is 17.6 Å². The van der Waals surface area contributed by atoms with Crippen molar-refractivity contribution in [1.82, 2.24) is 5.32 Å². The van der Waals surface area contributed by atoms with Gasteiger partial charge in [-0.05, 0) is 37.7 Å². The lowest BCUT2D eigenvalue weighted by atomic mass is 10.0. The van der Waals surface area contributed by atoms with Crippen LogP contribution >= 0.6 is 0 Å². The maximum atomic E-state index is 11.8. The summed E-state index contributed by atoms with van der Waals surface area (Å²) in [7, 11) is 1.98. The molecule has 6 nitrogen and oxygen atoms in total. The molecule has 6 heteroatoms. The summed E-state index contributed by atoms with van der Waals surface area (Å²) in [6.07, 6.45) is 1.04. The van der Waals surface area contributed by atoms with E-state index in [1.165, 1.54) is 10.5 Å². The molecule has 0 aromatic heterocycles. The Morgan fingerprint density at radius 1 is 1.12 bits per heavy atom. The Morgan fingerprint density at radius 2 is 1.69 bits per heavy atom. The van der Waals surface area contributed by atoms with Gasteiger partial charge in [-0.15, -0.1) is 0 Å². The van der Waals surface area contributed by atoms with Gasteiger partial charge < -0.3 is 20.4 Å². The second kappa shape index (κ2) is 9.12. The third kappa shape index (κ3) is 4.68. The van der Waals surface area contributed by atoms with E-state index < -0.39 is 17.5 Å². The lowest BCUT2D eigenvalue weighted by Gasteiger charge is -2.18. The molecular weight excluding hydrogens is 332 g/mol. The Hall–Kier alpha value is -2.70. The SMILES string of the molecule is CNCCc1ccccc1.O=C(O)[C@]1(O)CCN(c2ccccc2)C1=O. The molecule has 1 saturated heterocycles. The van der Waals surface area contributed by atoms with Crippen molar-refractivity contribution in [3.05, 3.63) is 66.2 Å². The number of amides is 1. The predicted molar refractivity (Wildman–Crippen MR) is 100 cm³/mol. The van der Waals surface area contributed by atoms with Gasteiger partial charge in [0.25, 0.3) is 5.91 Å². The summed E-state index contributed by atoms with van der Waals surface area (Å²) in [6, 6.07) is 19.2. The van der Waals surface area contributed by atoms with E-state index in [9.17, 15) is 14.7 Å². The zero-order chi connectivity index (χ0) is 19.0. The molecule has 1 atom stereocenters. The number of hydrogen-bond donors (Lipinski definition) is 3. The van der Waals surface area contributed by atoms with E-state index >= 15 is 0 Å². The maximum absolute atomic E-state index is 11.8. The Morgan fingerprint density at radius 3 is 2.19 bits per heavy atom. The summed E-state index contributed by atoms with van der Waals surface area (Å²) < 4.78 is 0. The number of nitrogens with one attached hydrogen (secondary N) is 1.